The van der Waals surface area contributed by atoms with Gasteiger partial charge in [0, 0.05) is 34.1 Å². The van der Waals surface area contributed by atoms with Crippen LogP contribution in [-0.2, 0) is 4.79 Å². The van der Waals surface area contributed by atoms with Crippen molar-refractivity contribution in [1.82, 2.24) is 5.32 Å². The van der Waals surface area contributed by atoms with Crippen molar-refractivity contribution in [3.8, 4) is 11.8 Å². The second-order valence-electron chi connectivity index (χ2n) is 7.45. The summed E-state index contributed by atoms with van der Waals surface area (Å²) in [6, 6.07) is 18.1. The lowest BCUT2D eigenvalue weighted by Crippen LogP contribution is -2.39. The molecule has 0 amide bonds. The highest BCUT2D eigenvalue weighted by Crippen LogP contribution is 2.45. The van der Waals surface area contributed by atoms with Gasteiger partial charge < -0.3 is 10.1 Å². The van der Waals surface area contributed by atoms with E-state index in [9.17, 15) is 10.1 Å². The number of carbonyl (C=O) groups excluding carboxylic acids is 1. The highest BCUT2D eigenvalue weighted by Gasteiger charge is 2.42. The van der Waals surface area contributed by atoms with Crippen molar-refractivity contribution in [2.24, 2.45) is 5.92 Å². The predicted octanol–water partition coefficient (Wildman–Crippen LogP) is 5.20. The number of hydrogen-bond acceptors (Lipinski definition) is 4. The number of allylic oxidation sites excluding steroid dienone is 4. The second-order valence-corrected chi connectivity index (χ2v) is 8.37. The number of nitrogens with one attached hydrogen (secondary N) is 1. The number of ketones is 1. The minimum atomic E-state index is -0.357. The Morgan fingerprint density at radius 1 is 1.07 bits per heavy atom. The molecule has 0 radical (unpaired) electrons. The summed E-state index contributed by atoms with van der Waals surface area (Å²) in [4.78, 5) is 13.3. The molecule has 0 saturated heterocycles. The van der Waals surface area contributed by atoms with Crippen LogP contribution in [0.1, 0.15) is 36.3 Å². The molecule has 3 unspecified atom stereocenters. The summed E-state index contributed by atoms with van der Waals surface area (Å²) in [7, 11) is 1.64. The molecular formula is C24H21BrN2O2. The SMILES string of the molecule is COc1ccc(C2C=C3NC(C)=C(C#N)C(c4ccc(Br)cc4)C3C(=O)C2)cc1. The topological polar surface area (TPSA) is 62.1 Å². The Hall–Kier alpha value is -2.84. The maximum atomic E-state index is 13.3. The Balaban J connectivity index is 1.76. The highest BCUT2D eigenvalue weighted by molar-refractivity contribution is 9.10. The van der Waals surface area contributed by atoms with E-state index in [0.717, 1.165) is 32.7 Å². The van der Waals surface area contributed by atoms with Gasteiger partial charge >= 0.3 is 0 Å². The van der Waals surface area contributed by atoms with Gasteiger partial charge in [0.2, 0.25) is 0 Å². The van der Waals surface area contributed by atoms with Crippen LogP contribution in [0, 0.1) is 17.2 Å². The largest absolute Gasteiger partial charge is 0.497 e. The first kappa shape index (κ1) is 19.5. The van der Waals surface area contributed by atoms with Gasteiger partial charge in [-0.15, -0.1) is 0 Å². The number of methoxy groups -OCH3 is 1. The van der Waals surface area contributed by atoms with E-state index < -0.39 is 0 Å². The minimum Gasteiger partial charge on any atom is -0.497 e. The fourth-order valence-corrected chi connectivity index (χ4v) is 4.58. The monoisotopic (exact) mass is 448 g/mol. The molecule has 3 atom stereocenters. The van der Waals surface area contributed by atoms with Gasteiger partial charge in [0.05, 0.1) is 24.7 Å². The third-order valence-corrected chi connectivity index (χ3v) is 6.29. The Labute approximate surface area is 179 Å². The van der Waals surface area contributed by atoms with Crippen LogP contribution in [0.3, 0.4) is 0 Å². The van der Waals surface area contributed by atoms with Crippen LogP contribution < -0.4 is 10.1 Å². The highest BCUT2D eigenvalue weighted by atomic mass is 79.9. The summed E-state index contributed by atoms with van der Waals surface area (Å²) in [5.74, 6) is 0.344. The van der Waals surface area contributed by atoms with E-state index >= 15 is 0 Å². The van der Waals surface area contributed by atoms with E-state index in [1.165, 1.54) is 0 Å². The number of ether oxygens (including phenoxy) is 1. The molecule has 5 heteroatoms. The molecule has 4 nitrogen and oxygen atoms in total. The van der Waals surface area contributed by atoms with Gasteiger partial charge in [-0.1, -0.05) is 46.3 Å². The first-order valence-electron chi connectivity index (χ1n) is 9.53. The normalized spacial score (nSPS) is 23.6. The van der Waals surface area contributed by atoms with Gasteiger partial charge in [-0.2, -0.15) is 5.26 Å². The van der Waals surface area contributed by atoms with Crippen LogP contribution in [0.15, 0.2) is 76.0 Å². The molecule has 4 rings (SSSR count). The fraction of sp³-hybridized carbons (Fsp3) is 0.250. The van der Waals surface area contributed by atoms with Crippen molar-refractivity contribution in [3.63, 3.8) is 0 Å². The van der Waals surface area contributed by atoms with Crippen molar-refractivity contribution < 1.29 is 9.53 Å². The molecule has 146 valence electrons. The van der Waals surface area contributed by atoms with Gasteiger partial charge in [0.25, 0.3) is 0 Å². The van der Waals surface area contributed by atoms with E-state index in [-0.39, 0.29) is 23.5 Å². The summed E-state index contributed by atoms with van der Waals surface area (Å²) in [5, 5.41) is 13.2. The second kappa shape index (κ2) is 7.88. The first-order chi connectivity index (χ1) is 14.0. The number of hydrogen-bond donors (Lipinski definition) is 1. The van der Waals surface area contributed by atoms with Crippen LogP contribution in [0.25, 0.3) is 0 Å². The fourth-order valence-electron chi connectivity index (χ4n) is 4.31. The standard InChI is InChI=1S/C24H21BrN2O2/c1-14-20(13-26)23(16-3-7-18(25)8-4-16)24-21(27-14)11-17(12-22(24)28)15-5-9-19(29-2)10-6-15/h3-11,17,23-24,27H,12H2,1-2H3. The maximum absolute atomic E-state index is 13.3. The number of benzene rings is 2. The molecule has 1 heterocycles. The van der Waals surface area contributed by atoms with Crippen LogP contribution in [0.2, 0.25) is 0 Å². The Bertz CT molecular complexity index is 1050. The summed E-state index contributed by atoms with van der Waals surface area (Å²) in [6.45, 7) is 1.91. The van der Waals surface area contributed by atoms with Crippen molar-refractivity contribution in [1.29, 1.82) is 5.26 Å². The Morgan fingerprint density at radius 2 is 1.72 bits per heavy atom. The summed E-state index contributed by atoms with van der Waals surface area (Å²) >= 11 is 3.46. The van der Waals surface area contributed by atoms with E-state index in [1.807, 2.05) is 55.5 Å². The zero-order chi connectivity index (χ0) is 20.5. The molecule has 2 aromatic carbocycles. The number of nitriles is 1. The summed E-state index contributed by atoms with van der Waals surface area (Å²) in [5.41, 5.74) is 4.40. The summed E-state index contributed by atoms with van der Waals surface area (Å²) in [6.07, 6.45) is 2.57. The van der Waals surface area contributed by atoms with Crippen molar-refractivity contribution >= 4 is 21.7 Å². The molecule has 1 N–H and O–H groups in total. The number of nitrogens with zero attached hydrogens (tertiary/aromatic N) is 1. The number of Topliss-reactive ketones (excluding diaryl/α,β-unsaturated/α-hetero) is 1. The minimum absolute atomic E-state index is 0.00848. The maximum Gasteiger partial charge on any atom is 0.143 e. The van der Waals surface area contributed by atoms with Crippen LogP contribution in [-0.4, -0.2) is 12.9 Å². The molecule has 29 heavy (non-hydrogen) atoms. The molecule has 0 spiro atoms. The Kier molecular flexibility index (Phi) is 5.29. The zero-order valence-electron chi connectivity index (χ0n) is 16.3. The number of rotatable bonds is 3. The van der Waals surface area contributed by atoms with E-state index in [1.54, 1.807) is 7.11 Å². The molecule has 1 aliphatic heterocycles. The lowest BCUT2D eigenvalue weighted by molar-refractivity contribution is -0.123. The van der Waals surface area contributed by atoms with E-state index in [2.05, 4.69) is 33.4 Å². The number of fused-ring (bicyclic) bond motifs is 1. The predicted molar refractivity (Wildman–Crippen MR) is 115 cm³/mol. The first-order valence-corrected chi connectivity index (χ1v) is 10.3. The summed E-state index contributed by atoms with van der Waals surface area (Å²) < 4.78 is 6.21. The lowest BCUT2D eigenvalue weighted by atomic mass is 9.69. The molecule has 0 saturated carbocycles. The molecular weight excluding hydrogens is 428 g/mol. The smallest absolute Gasteiger partial charge is 0.143 e. The van der Waals surface area contributed by atoms with Crippen LogP contribution in [0.5, 0.6) is 5.75 Å². The van der Waals surface area contributed by atoms with Gasteiger partial charge in [-0.05, 0) is 42.3 Å². The molecule has 2 aliphatic rings. The van der Waals surface area contributed by atoms with Crippen molar-refractivity contribution in [3.05, 3.63) is 87.2 Å². The molecule has 2 aromatic rings. The van der Waals surface area contributed by atoms with Gasteiger partial charge in [-0.25, -0.2) is 0 Å². The average Bonchev–Trinajstić information content (AvgIpc) is 2.73. The van der Waals surface area contributed by atoms with E-state index in [4.69, 9.17) is 4.74 Å². The number of halogens is 1. The lowest BCUT2D eigenvalue weighted by Gasteiger charge is -2.38. The number of carbonyl (C=O) groups is 1. The van der Waals surface area contributed by atoms with Crippen LogP contribution >= 0.6 is 15.9 Å². The van der Waals surface area contributed by atoms with Crippen molar-refractivity contribution in [2.45, 2.75) is 25.2 Å². The molecule has 0 fully saturated rings. The third kappa shape index (κ3) is 3.61. The Morgan fingerprint density at radius 3 is 2.34 bits per heavy atom. The van der Waals surface area contributed by atoms with Crippen molar-refractivity contribution in [2.75, 3.05) is 7.11 Å². The van der Waals surface area contributed by atoms with E-state index in [0.29, 0.717) is 12.0 Å². The van der Waals surface area contributed by atoms with Crippen LogP contribution in [0.4, 0.5) is 0 Å². The van der Waals surface area contributed by atoms with Gasteiger partial charge in [0.15, 0.2) is 0 Å². The zero-order valence-corrected chi connectivity index (χ0v) is 17.9. The quantitative estimate of drug-likeness (QED) is 0.700. The molecule has 1 aliphatic carbocycles. The molecule has 0 bridgehead atoms. The average molecular weight is 449 g/mol. The molecule has 0 aromatic heterocycles. The van der Waals surface area contributed by atoms with Gasteiger partial charge in [-0.3, -0.25) is 4.79 Å². The van der Waals surface area contributed by atoms with Gasteiger partial charge in [0.1, 0.15) is 11.5 Å². The third-order valence-electron chi connectivity index (χ3n) is 5.76.